The van der Waals surface area contributed by atoms with E-state index < -0.39 is 11.5 Å². The zero-order valence-corrected chi connectivity index (χ0v) is 9.62. The highest BCUT2D eigenvalue weighted by atomic mass is 16.5. The third-order valence-corrected chi connectivity index (χ3v) is 2.93. The van der Waals surface area contributed by atoms with Gasteiger partial charge in [0.15, 0.2) is 0 Å². The Morgan fingerprint density at radius 3 is 2.44 bits per heavy atom. The highest BCUT2D eigenvalue weighted by Gasteiger charge is 2.40. The Morgan fingerprint density at radius 2 is 1.94 bits per heavy atom. The summed E-state index contributed by atoms with van der Waals surface area (Å²) < 4.78 is 4.96. The molecule has 0 aromatic heterocycles. The SMILES string of the molecule is CCOCC(=O)NC1(C(=O)O)CCCCC1. The molecule has 0 aromatic carbocycles. The van der Waals surface area contributed by atoms with E-state index in [1.165, 1.54) is 0 Å². The Hall–Kier alpha value is -1.10. The summed E-state index contributed by atoms with van der Waals surface area (Å²) in [7, 11) is 0. The molecule has 16 heavy (non-hydrogen) atoms. The number of rotatable bonds is 5. The fourth-order valence-corrected chi connectivity index (χ4v) is 2.05. The molecule has 1 rings (SSSR count). The third-order valence-electron chi connectivity index (χ3n) is 2.93. The molecule has 5 nitrogen and oxygen atoms in total. The van der Waals surface area contributed by atoms with E-state index >= 15 is 0 Å². The Bertz CT molecular complexity index is 259. The van der Waals surface area contributed by atoms with Crippen molar-refractivity contribution in [3.05, 3.63) is 0 Å². The van der Waals surface area contributed by atoms with Gasteiger partial charge in [0.05, 0.1) is 0 Å². The minimum atomic E-state index is -1.06. The fourth-order valence-electron chi connectivity index (χ4n) is 2.05. The lowest BCUT2D eigenvalue weighted by Gasteiger charge is -2.33. The van der Waals surface area contributed by atoms with E-state index in [0.29, 0.717) is 19.4 Å². The molecule has 0 spiro atoms. The van der Waals surface area contributed by atoms with Crippen LogP contribution in [-0.2, 0) is 14.3 Å². The average molecular weight is 229 g/mol. The molecule has 1 amide bonds. The van der Waals surface area contributed by atoms with Crippen LogP contribution in [0.2, 0.25) is 0 Å². The summed E-state index contributed by atoms with van der Waals surface area (Å²) in [4.78, 5) is 22.7. The van der Waals surface area contributed by atoms with E-state index in [1.54, 1.807) is 6.92 Å². The maximum Gasteiger partial charge on any atom is 0.329 e. The molecule has 0 unspecified atom stereocenters. The van der Waals surface area contributed by atoms with Crippen LogP contribution < -0.4 is 5.32 Å². The van der Waals surface area contributed by atoms with Crippen LogP contribution in [-0.4, -0.2) is 35.7 Å². The van der Waals surface area contributed by atoms with Crippen molar-refractivity contribution >= 4 is 11.9 Å². The Balaban J connectivity index is 2.56. The molecule has 0 heterocycles. The zero-order chi connectivity index (χ0) is 12.0. The van der Waals surface area contributed by atoms with Crippen molar-refractivity contribution in [2.75, 3.05) is 13.2 Å². The Kier molecular flexibility index (Phi) is 4.73. The number of carbonyl (C=O) groups excluding carboxylic acids is 1. The highest BCUT2D eigenvalue weighted by molar-refractivity contribution is 5.87. The van der Waals surface area contributed by atoms with Crippen molar-refractivity contribution in [3.63, 3.8) is 0 Å². The number of ether oxygens (including phenoxy) is 1. The van der Waals surface area contributed by atoms with E-state index in [-0.39, 0.29) is 12.5 Å². The van der Waals surface area contributed by atoms with Gasteiger partial charge in [-0.3, -0.25) is 4.79 Å². The summed E-state index contributed by atoms with van der Waals surface area (Å²) >= 11 is 0. The first-order chi connectivity index (χ1) is 7.60. The van der Waals surface area contributed by atoms with Gasteiger partial charge in [0, 0.05) is 6.61 Å². The minimum absolute atomic E-state index is 0.0640. The van der Waals surface area contributed by atoms with Crippen LogP contribution in [0.25, 0.3) is 0 Å². The van der Waals surface area contributed by atoms with Crippen LogP contribution in [0.1, 0.15) is 39.0 Å². The van der Waals surface area contributed by atoms with Gasteiger partial charge >= 0.3 is 5.97 Å². The van der Waals surface area contributed by atoms with Crippen LogP contribution in [0.3, 0.4) is 0 Å². The summed E-state index contributed by atoms with van der Waals surface area (Å²) in [5.74, 6) is -1.27. The zero-order valence-electron chi connectivity index (χ0n) is 9.62. The molecular formula is C11H19NO4. The molecule has 92 valence electrons. The smallest absolute Gasteiger partial charge is 0.329 e. The van der Waals surface area contributed by atoms with Gasteiger partial charge in [-0.2, -0.15) is 0 Å². The molecule has 1 aliphatic rings. The summed E-state index contributed by atoms with van der Waals surface area (Å²) in [5, 5.41) is 11.8. The molecule has 0 aliphatic heterocycles. The second kappa shape index (κ2) is 5.84. The molecule has 0 radical (unpaired) electrons. The molecular weight excluding hydrogens is 210 g/mol. The molecule has 0 saturated heterocycles. The molecule has 5 heteroatoms. The summed E-state index contributed by atoms with van der Waals surface area (Å²) in [5.41, 5.74) is -1.06. The fraction of sp³-hybridized carbons (Fsp3) is 0.818. The predicted octanol–water partition coefficient (Wildman–Crippen LogP) is 0.927. The third kappa shape index (κ3) is 3.20. The lowest BCUT2D eigenvalue weighted by molar-refractivity contribution is -0.150. The molecule has 0 bridgehead atoms. The highest BCUT2D eigenvalue weighted by Crippen LogP contribution is 2.28. The number of carbonyl (C=O) groups is 2. The van der Waals surface area contributed by atoms with Gasteiger partial charge in [0.25, 0.3) is 0 Å². The second-order valence-electron chi connectivity index (χ2n) is 4.13. The van der Waals surface area contributed by atoms with Crippen molar-refractivity contribution in [2.45, 2.75) is 44.6 Å². The summed E-state index contributed by atoms with van der Waals surface area (Å²) in [6, 6.07) is 0. The molecule has 2 N–H and O–H groups in total. The van der Waals surface area contributed by atoms with Gasteiger partial charge in [0.2, 0.25) is 5.91 Å². The monoisotopic (exact) mass is 229 g/mol. The predicted molar refractivity (Wildman–Crippen MR) is 58.1 cm³/mol. The van der Waals surface area contributed by atoms with E-state index in [2.05, 4.69) is 5.32 Å². The van der Waals surface area contributed by atoms with Gasteiger partial charge in [-0.15, -0.1) is 0 Å². The topological polar surface area (TPSA) is 75.6 Å². The Labute approximate surface area is 95.2 Å². The van der Waals surface area contributed by atoms with Gasteiger partial charge in [0.1, 0.15) is 12.1 Å². The number of nitrogens with one attached hydrogen (secondary N) is 1. The van der Waals surface area contributed by atoms with Crippen LogP contribution >= 0.6 is 0 Å². The first-order valence-electron chi connectivity index (χ1n) is 5.73. The number of carboxylic acids is 1. The lowest BCUT2D eigenvalue weighted by atomic mass is 9.81. The second-order valence-corrected chi connectivity index (χ2v) is 4.13. The van der Waals surface area contributed by atoms with Gasteiger partial charge in [-0.05, 0) is 19.8 Å². The number of amides is 1. The number of hydrogen-bond acceptors (Lipinski definition) is 3. The molecule has 1 fully saturated rings. The van der Waals surface area contributed by atoms with E-state index in [4.69, 9.17) is 4.74 Å². The van der Waals surface area contributed by atoms with Gasteiger partial charge in [-0.1, -0.05) is 19.3 Å². The molecule has 0 aromatic rings. The first kappa shape index (κ1) is 13.0. The van der Waals surface area contributed by atoms with Crippen molar-refractivity contribution < 1.29 is 19.4 Å². The maximum absolute atomic E-state index is 11.5. The maximum atomic E-state index is 11.5. The number of hydrogen-bond donors (Lipinski definition) is 2. The minimum Gasteiger partial charge on any atom is -0.480 e. The number of aliphatic carboxylic acids is 1. The van der Waals surface area contributed by atoms with Crippen LogP contribution in [0, 0.1) is 0 Å². The van der Waals surface area contributed by atoms with Crippen molar-refractivity contribution in [1.29, 1.82) is 0 Å². The largest absolute Gasteiger partial charge is 0.480 e. The first-order valence-corrected chi connectivity index (χ1v) is 5.73. The van der Waals surface area contributed by atoms with E-state index in [0.717, 1.165) is 19.3 Å². The standard InChI is InChI=1S/C11H19NO4/c1-2-16-8-9(13)12-11(10(14)15)6-4-3-5-7-11/h2-8H2,1H3,(H,12,13)(H,14,15). The van der Waals surface area contributed by atoms with Crippen molar-refractivity contribution in [2.24, 2.45) is 0 Å². The Morgan fingerprint density at radius 1 is 1.31 bits per heavy atom. The summed E-state index contributed by atoms with van der Waals surface area (Å²) in [6.45, 7) is 2.18. The van der Waals surface area contributed by atoms with E-state index in [1.807, 2.05) is 0 Å². The van der Waals surface area contributed by atoms with Crippen LogP contribution in [0.15, 0.2) is 0 Å². The van der Waals surface area contributed by atoms with Crippen molar-refractivity contribution in [1.82, 2.24) is 5.32 Å². The van der Waals surface area contributed by atoms with Gasteiger partial charge in [-0.25, -0.2) is 4.79 Å². The molecule has 0 atom stereocenters. The number of carboxylic acid groups (broad SMARTS) is 1. The van der Waals surface area contributed by atoms with Gasteiger partial charge < -0.3 is 15.2 Å². The van der Waals surface area contributed by atoms with E-state index in [9.17, 15) is 14.7 Å². The lowest BCUT2D eigenvalue weighted by Crippen LogP contribution is -2.56. The normalized spacial score (nSPS) is 19.1. The van der Waals surface area contributed by atoms with Crippen LogP contribution in [0.5, 0.6) is 0 Å². The molecule has 1 saturated carbocycles. The average Bonchev–Trinajstić information content (AvgIpc) is 2.27. The quantitative estimate of drug-likeness (QED) is 0.735. The summed E-state index contributed by atoms with van der Waals surface area (Å²) in [6.07, 6.45) is 3.76. The van der Waals surface area contributed by atoms with Crippen molar-refractivity contribution in [3.8, 4) is 0 Å². The molecule has 1 aliphatic carbocycles. The van der Waals surface area contributed by atoms with Crippen LogP contribution in [0.4, 0.5) is 0 Å².